The average molecular weight is 412 g/mol. The molecule has 1 aliphatic heterocycles. The summed E-state index contributed by atoms with van der Waals surface area (Å²) in [5, 5.41) is 0. The number of rotatable bonds is 3. The molecule has 0 fully saturated rings. The molecule has 0 bridgehead atoms. The number of cyclic esters (lactones) is 1. The summed E-state index contributed by atoms with van der Waals surface area (Å²) in [4.78, 5) is 16.1. The fraction of sp³-hybridized carbons (Fsp3) is 0. The Morgan fingerprint density at radius 1 is 0.962 bits per heavy atom. The zero-order valence-corrected chi connectivity index (χ0v) is 14.9. The van der Waals surface area contributed by atoms with Crippen LogP contribution >= 0.6 is 15.9 Å². The van der Waals surface area contributed by atoms with Crippen LogP contribution in [0, 0.1) is 5.82 Å². The number of carbonyl (C=O) groups is 1. The number of hydrogen-bond donors (Lipinski definition) is 0. The Labute approximate surface area is 156 Å². The monoisotopic (exact) mass is 411 g/mol. The largest absolute Gasteiger partial charge is 0.457 e. The number of carbonyl (C=O) groups excluding carboxylic acids is 1. The lowest BCUT2D eigenvalue weighted by Gasteiger charge is -1.99. The average Bonchev–Trinajstić information content (AvgIpc) is 3.23. The van der Waals surface area contributed by atoms with Gasteiger partial charge >= 0.3 is 5.97 Å². The van der Waals surface area contributed by atoms with E-state index in [-0.39, 0.29) is 17.2 Å². The number of esters is 1. The highest BCUT2D eigenvalue weighted by molar-refractivity contribution is 9.10. The third-order valence-electron chi connectivity index (χ3n) is 3.77. The molecule has 128 valence electrons. The number of ether oxygens (including phenoxy) is 1. The molecule has 0 aliphatic carbocycles. The molecule has 0 saturated heterocycles. The van der Waals surface area contributed by atoms with E-state index in [1.165, 1.54) is 18.2 Å². The third-order valence-corrected chi connectivity index (χ3v) is 4.46. The standard InChI is InChI=1S/C20H11BrFNO3/c21-15-7-3-1-5-13(15)18-10-9-12(25-18)11-17-20(24)26-19(23-17)14-6-2-4-8-16(14)22/h1-11H. The predicted molar refractivity (Wildman–Crippen MR) is 98.9 cm³/mol. The zero-order valence-electron chi connectivity index (χ0n) is 13.3. The lowest BCUT2D eigenvalue weighted by molar-refractivity contribution is -0.129. The quantitative estimate of drug-likeness (QED) is 0.439. The number of aliphatic imine (C=N–C) groups is 1. The summed E-state index contributed by atoms with van der Waals surface area (Å²) >= 11 is 3.47. The van der Waals surface area contributed by atoms with Gasteiger partial charge in [-0.3, -0.25) is 0 Å². The smallest absolute Gasteiger partial charge is 0.363 e. The van der Waals surface area contributed by atoms with Crippen molar-refractivity contribution in [2.24, 2.45) is 4.99 Å². The van der Waals surface area contributed by atoms with Gasteiger partial charge in [0.2, 0.25) is 5.90 Å². The van der Waals surface area contributed by atoms with Crippen molar-refractivity contribution in [2.45, 2.75) is 0 Å². The molecule has 0 N–H and O–H groups in total. The van der Waals surface area contributed by atoms with Crippen molar-refractivity contribution in [3.63, 3.8) is 0 Å². The van der Waals surface area contributed by atoms with E-state index in [2.05, 4.69) is 20.9 Å². The third kappa shape index (κ3) is 3.11. The molecule has 0 atom stereocenters. The first-order valence-corrected chi connectivity index (χ1v) is 8.53. The Morgan fingerprint density at radius 2 is 1.69 bits per heavy atom. The van der Waals surface area contributed by atoms with Crippen LogP contribution in [-0.2, 0) is 9.53 Å². The van der Waals surface area contributed by atoms with Crippen LogP contribution < -0.4 is 0 Å². The molecule has 26 heavy (non-hydrogen) atoms. The maximum atomic E-state index is 13.8. The molecule has 2 aromatic carbocycles. The van der Waals surface area contributed by atoms with Crippen LogP contribution in [0.3, 0.4) is 0 Å². The van der Waals surface area contributed by atoms with Crippen molar-refractivity contribution in [3.8, 4) is 11.3 Å². The summed E-state index contributed by atoms with van der Waals surface area (Å²) in [5.74, 6) is -0.122. The van der Waals surface area contributed by atoms with Gasteiger partial charge in [-0.05, 0) is 30.3 Å². The molecule has 0 radical (unpaired) electrons. The van der Waals surface area contributed by atoms with Crippen molar-refractivity contribution in [1.29, 1.82) is 0 Å². The second-order valence-electron chi connectivity index (χ2n) is 5.50. The van der Waals surface area contributed by atoms with Crippen LogP contribution in [0.5, 0.6) is 0 Å². The number of furan rings is 1. The Balaban J connectivity index is 1.66. The van der Waals surface area contributed by atoms with E-state index in [4.69, 9.17) is 9.15 Å². The number of nitrogens with zero attached hydrogens (tertiary/aromatic N) is 1. The first-order valence-electron chi connectivity index (χ1n) is 7.74. The number of halogens is 2. The highest BCUT2D eigenvalue weighted by Crippen LogP contribution is 2.30. The molecule has 0 unspecified atom stereocenters. The molecule has 1 aliphatic rings. The van der Waals surface area contributed by atoms with E-state index in [9.17, 15) is 9.18 Å². The summed E-state index contributed by atoms with van der Waals surface area (Å²) < 4.78 is 25.6. The zero-order chi connectivity index (χ0) is 18.1. The topological polar surface area (TPSA) is 51.8 Å². The van der Waals surface area contributed by atoms with Crippen molar-refractivity contribution < 1.29 is 18.3 Å². The lowest BCUT2D eigenvalue weighted by Crippen LogP contribution is -2.07. The molecule has 0 amide bonds. The van der Waals surface area contributed by atoms with Crippen LogP contribution in [0.4, 0.5) is 4.39 Å². The Kier molecular flexibility index (Phi) is 4.26. The van der Waals surface area contributed by atoms with Crippen molar-refractivity contribution in [2.75, 3.05) is 0 Å². The van der Waals surface area contributed by atoms with Gasteiger partial charge in [0.25, 0.3) is 0 Å². The number of hydrogen-bond acceptors (Lipinski definition) is 4. The molecular formula is C20H11BrFNO3. The Hall–Kier alpha value is -2.99. The van der Waals surface area contributed by atoms with Gasteiger partial charge < -0.3 is 9.15 Å². The first-order chi connectivity index (χ1) is 12.6. The van der Waals surface area contributed by atoms with Crippen LogP contribution in [0.15, 0.2) is 80.2 Å². The molecule has 0 saturated carbocycles. The second kappa shape index (κ2) is 6.72. The fourth-order valence-corrected chi connectivity index (χ4v) is 3.01. The first kappa shape index (κ1) is 16.5. The highest BCUT2D eigenvalue weighted by Gasteiger charge is 2.26. The van der Waals surface area contributed by atoms with Gasteiger partial charge in [-0.2, -0.15) is 0 Å². The molecule has 0 spiro atoms. The summed E-state index contributed by atoms with van der Waals surface area (Å²) in [7, 11) is 0. The maximum absolute atomic E-state index is 13.8. The van der Waals surface area contributed by atoms with Gasteiger partial charge in [0.15, 0.2) is 5.70 Å². The summed E-state index contributed by atoms with van der Waals surface area (Å²) in [5.41, 5.74) is 1.08. The Morgan fingerprint density at radius 3 is 2.46 bits per heavy atom. The summed E-state index contributed by atoms with van der Waals surface area (Å²) in [6, 6.07) is 17.2. The van der Waals surface area contributed by atoms with Crippen molar-refractivity contribution in [3.05, 3.63) is 88.0 Å². The van der Waals surface area contributed by atoms with Crippen molar-refractivity contribution >= 4 is 33.9 Å². The van der Waals surface area contributed by atoms with E-state index >= 15 is 0 Å². The van der Waals surface area contributed by atoms with Crippen LogP contribution in [0.2, 0.25) is 0 Å². The van der Waals surface area contributed by atoms with Gasteiger partial charge in [0, 0.05) is 16.1 Å². The number of benzene rings is 2. The molecule has 1 aromatic heterocycles. The lowest BCUT2D eigenvalue weighted by atomic mass is 10.2. The normalized spacial score (nSPS) is 15.2. The molecule has 2 heterocycles. The molecular weight excluding hydrogens is 401 g/mol. The van der Waals surface area contributed by atoms with Crippen LogP contribution in [0.25, 0.3) is 17.4 Å². The minimum Gasteiger partial charge on any atom is -0.457 e. The summed E-state index contributed by atoms with van der Waals surface area (Å²) in [6.45, 7) is 0. The minimum absolute atomic E-state index is 0.0521. The fourth-order valence-electron chi connectivity index (χ4n) is 2.53. The van der Waals surface area contributed by atoms with E-state index in [1.807, 2.05) is 24.3 Å². The van der Waals surface area contributed by atoms with Crippen LogP contribution in [0.1, 0.15) is 11.3 Å². The van der Waals surface area contributed by atoms with Gasteiger partial charge in [-0.1, -0.05) is 46.3 Å². The van der Waals surface area contributed by atoms with Gasteiger partial charge in [-0.15, -0.1) is 0 Å². The van der Waals surface area contributed by atoms with E-state index < -0.39 is 11.8 Å². The van der Waals surface area contributed by atoms with Gasteiger partial charge in [0.05, 0.1) is 5.56 Å². The van der Waals surface area contributed by atoms with E-state index in [0.29, 0.717) is 11.5 Å². The van der Waals surface area contributed by atoms with Gasteiger partial charge in [-0.25, -0.2) is 14.2 Å². The van der Waals surface area contributed by atoms with Crippen molar-refractivity contribution in [1.82, 2.24) is 0 Å². The highest BCUT2D eigenvalue weighted by atomic mass is 79.9. The minimum atomic E-state index is -0.651. The second-order valence-corrected chi connectivity index (χ2v) is 6.35. The SMILES string of the molecule is O=C1OC(c2ccccc2F)=NC1=Cc1ccc(-c2ccccc2Br)o1. The van der Waals surface area contributed by atoms with E-state index in [0.717, 1.165) is 10.0 Å². The molecule has 4 rings (SSSR count). The maximum Gasteiger partial charge on any atom is 0.363 e. The molecule has 3 aromatic rings. The van der Waals surface area contributed by atoms with Crippen LogP contribution in [-0.4, -0.2) is 11.9 Å². The summed E-state index contributed by atoms with van der Waals surface area (Å²) in [6.07, 6.45) is 1.47. The predicted octanol–water partition coefficient (Wildman–Crippen LogP) is 5.19. The Bertz CT molecular complexity index is 1070. The molecule has 4 nitrogen and oxygen atoms in total. The van der Waals surface area contributed by atoms with E-state index in [1.54, 1.807) is 24.3 Å². The van der Waals surface area contributed by atoms with Gasteiger partial charge in [0.1, 0.15) is 17.3 Å². The molecule has 6 heteroatoms.